The van der Waals surface area contributed by atoms with Gasteiger partial charge in [-0.05, 0) is 48.5 Å². The second-order valence-electron chi connectivity index (χ2n) is 6.95. The van der Waals surface area contributed by atoms with Gasteiger partial charge in [0.15, 0.2) is 0 Å². The molecule has 4 aromatic rings. The first-order valence-corrected chi connectivity index (χ1v) is 11.2. The van der Waals surface area contributed by atoms with Crippen molar-refractivity contribution in [2.45, 2.75) is 0 Å². The Balaban J connectivity index is 1.63. The molecule has 1 aromatic heterocycles. The number of nitrogens with one attached hydrogen (secondary N) is 2. The molecule has 33 heavy (non-hydrogen) atoms. The van der Waals surface area contributed by atoms with Gasteiger partial charge < -0.3 is 15.4 Å². The number of benzene rings is 3. The summed E-state index contributed by atoms with van der Waals surface area (Å²) in [5.74, 6) is -1.45. The molecule has 0 atom stereocenters. The van der Waals surface area contributed by atoms with Crippen LogP contribution in [0, 0.1) is 0 Å². The summed E-state index contributed by atoms with van der Waals surface area (Å²) in [6.07, 6.45) is 0. The summed E-state index contributed by atoms with van der Waals surface area (Å²) in [4.78, 5) is 38.0. The lowest BCUT2D eigenvalue weighted by atomic mass is 10.1. The number of methoxy groups -OCH3 is 1. The fraction of sp³-hybridized carbons (Fsp3) is 0.0417. The van der Waals surface area contributed by atoms with Crippen molar-refractivity contribution >= 4 is 73.8 Å². The number of esters is 1. The van der Waals surface area contributed by atoms with E-state index >= 15 is 0 Å². The number of ether oxygens (including phenoxy) is 1. The molecule has 4 rings (SSSR count). The van der Waals surface area contributed by atoms with Crippen LogP contribution in [0.4, 0.5) is 11.4 Å². The van der Waals surface area contributed by atoms with Crippen LogP contribution in [0.1, 0.15) is 30.4 Å². The molecule has 0 aliphatic heterocycles. The SMILES string of the molecule is COC(=O)c1cc(NC(=O)c2ccc(Cl)cc2)cc(NC(=O)c2sc3ccccc3c2Cl)c1. The van der Waals surface area contributed by atoms with Gasteiger partial charge in [0.2, 0.25) is 0 Å². The highest BCUT2D eigenvalue weighted by Gasteiger charge is 2.19. The third-order valence-corrected chi connectivity index (χ3v) is 6.64. The molecule has 6 nitrogen and oxygen atoms in total. The average Bonchev–Trinajstić information content (AvgIpc) is 3.15. The highest BCUT2D eigenvalue weighted by molar-refractivity contribution is 7.21. The molecule has 0 bridgehead atoms. The van der Waals surface area contributed by atoms with Gasteiger partial charge in [-0.1, -0.05) is 41.4 Å². The summed E-state index contributed by atoms with van der Waals surface area (Å²) in [6, 6.07) is 18.2. The zero-order valence-electron chi connectivity index (χ0n) is 17.1. The number of hydrogen-bond acceptors (Lipinski definition) is 5. The monoisotopic (exact) mass is 498 g/mol. The Morgan fingerprint density at radius 1 is 0.818 bits per heavy atom. The lowest BCUT2D eigenvalue weighted by Gasteiger charge is -2.11. The molecule has 9 heteroatoms. The number of rotatable bonds is 5. The van der Waals surface area contributed by atoms with Crippen molar-refractivity contribution in [2.75, 3.05) is 17.7 Å². The van der Waals surface area contributed by atoms with Crippen LogP contribution < -0.4 is 10.6 Å². The molecule has 0 saturated heterocycles. The first-order chi connectivity index (χ1) is 15.9. The number of fused-ring (bicyclic) bond motifs is 1. The molecule has 2 N–H and O–H groups in total. The van der Waals surface area contributed by atoms with Crippen LogP contribution in [0.25, 0.3) is 10.1 Å². The van der Waals surface area contributed by atoms with E-state index in [-0.39, 0.29) is 5.56 Å². The first kappa shape index (κ1) is 22.8. The summed E-state index contributed by atoms with van der Waals surface area (Å²) in [7, 11) is 1.25. The van der Waals surface area contributed by atoms with Crippen molar-refractivity contribution < 1.29 is 19.1 Å². The van der Waals surface area contributed by atoms with Gasteiger partial charge in [-0.25, -0.2) is 4.79 Å². The lowest BCUT2D eigenvalue weighted by Crippen LogP contribution is -2.15. The van der Waals surface area contributed by atoms with Crippen molar-refractivity contribution in [1.82, 2.24) is 0 Å². The van der Waals surface area contributed by atoms with E-state index in [1.54, 1.807) is 30.3 Å². The van der Waals surface area contributed by atoms with E-state index in [2.05, 4.69) is 10.6 Å². The molecule has 3 aromatic carbocycles. The summed E-state index contributed by atoms with van der Waals surface area (Å²) in [5, 5.41) is 7.11. The van der Waals surface area contributed by atoms with Gasteiger partial charge in [0.05, 0.1) is 17.7 Å². The maximum atomic E-state index is 12.9. The van der Waals surface area contributed by atoms with Gasteiger partial charge in [0.1, 0.15) is 4.88 Å². The van der Waals surface area contributed by atoms with Crippen LogP contribution in [0.15, 0.2) is 66.7 Å². The van der Waals surface area contributed by atoms with E-state index in [0.717, 1.165) is 10.1 Å². The number of hydrogen-bond donors (Lipinski definition) is 2. The lowest BCUT2D eigenvalue weighted by molar-refractivity contribution is 0.0600. The fourth-order valence-corrected chi connectivity index (χ4v) is 4.70. The molecule has 0 aliphatic rings. The summed E-state index contributed by atoms with van der Waals surface area (Å²) >= 11 is 13.5. The van der Waals surface area contributed by atoms with E-state index in [1.807, 2.05) is 24.3 Å². The third-order valence-electron chi connectivity index (χ3n) is 4.72. The van der Waals surface area contributed by atoms with Crippen molar-refractivity contribution in [3.8, 4) is 0 Å². The van der Waals surface area contributed by atoms with Crippen molar-refractivity contribution in [3.63, 3.8) is 0 Å². The Morgan fingerprint density at radius 2 is 1.45 bits per heavy atom. The van der Waals surface area contributed by atoms with Crippen LogP contribution >= 0.6 is 34.5 Å². The molecular formula is C24H16Cl2N2O4S. The van der Waals surface area contributed by atoms with Gasteiger partial charge >= 0.3 is 5.97 Å². The summed E-state index contributed by atoms with van der Waals surface area (Å²) in [5.41, 5.74) is 1.13. The Kier molecular flexibility index (Phi) is 6.65. The van der Waals surface area contributed by atoms with Crippen molar-refractivity contribution in [2.24, 2.45) is 0 Å². The number of thiophene rings is 1. The number of halogens is 2. The van der Waals surface area contributed by atoms with Gasteiger partial charge in [-0.3, -0.25) is 9.59 Å². The minimum Gasteiger partial charge on any atom is -0.465 e. The molecular weight excluding hydrogens is 483 g/mol. The Labute approximate surface area is 203 Å². The number of carbonyl (C=O) groups is 3. The van der Waals surface area contributed by atoms with E-state index in [9.17, 15) is 14.4 Å². The molecule has 0 aliphatic carbocycles. The Hall–Kier alpha value is -3.39. The molecule has 166 valence electrons. The van der Waals surface area contributed by atoms with Gasteiger partial charge in [0, 0.05) is 32.0 Å². The maximum absolute atomic E-state index is 12.9. The maximum Gasteiger partial charge on any atom is 0.337 e. The summed E-state index contributed by atoms with van der Waals surface area (Å²) in [6.45, 7) is 0. The standard InChI is InChI=1S/C24H16Cl2N2O4S/c1-32-24(31)14-10-16(27-22(29)13-6-8-15(25)9-7-13)12-17(11-14)28-23(30)21-20(26)18-4-2-3-5-19(18)33-21/h2-12H,1H3,(H,27,29)(H,28,30). The van der Waals surface area contributed by atoms with Crippen LogP contribution in [0.2, 0.25) is 10.0 Å². The first-order valence-electron chi connectivity index (χ1n) is 9.64. The van der Waals surface area contributed by atoms with Gasteiger partial charge in [-0.15, -0.1) is 11.3 Å². The van der Waals surface area contributed by atoms with Crippen LogP contribution in [-0.4, -0.2) is 24.9 Å². The highest BCUT2D eigenvalue weighted by Crippen LogP contribution is 2.35. The molecule has 0 spiro atoms. The van der Waals surface area contributed by atoms with Crippen molar-refractivity contribution in [3.05, 3.63) is 92.8 Å². The quantitative estimate of drug-likeness (QED) is 0.307. The predicted octanol–water partition coefficient (Wildman–Crippen LogP) is 6.50. The van der Waals surface area contributed by atoms with Crippen LogP contribution in [0.3, 0.4) is 0 Å². The minimum absolute atomic E-state index is 0.157. The van der Waals surface area contributed by atoms with E-state index in [0.29, 0.717) is 31.9 Å². The molecule has 2 amide bonds. The second-order valence-corrected chi connectivity index (χ2v) is 8.81. The normalized spacial score (nSPS) is 10.6. The van der Waals surface area contributed by atoms with Gasteiger partial charge in [0.25, 0.3) is 11.8 Å². The smallest absolute Gasteiger partial charge is 0.337 e. The second kappa shape index (κ2) is 9.62. The average molecular weight is 499 g/mol. The minimum atomic E-state index is -0.618. The number of anilines is 2. The number of carbonyl (C=O) groups excluding carboxylic acids is 3. The van der Waals surface area contributed by atoms with E-state index < -0.39 is 17.8 Å². The molecule has 1 heterocycles. The third kappa shape index (κ3) is 5.01. The Bertz CT molecular complexity index is 1380. The molecule has 0 radical (unpaired) electrons. The van der Waals surface area contributed by atoms with Gasteiger partial charge in [-0.2, -0.15) is 0 Å². The zero-order valence-corrected chi connectivity index (χ0v) is 19.5. The van der Waals surface area contributed by atoms with Crippen LogP contribution in [-0.2, 0) is 4.74 Å². The Morgan fingerprint density at radius 3 is 2.09 bits per heavy atom. The zero-order chi connectivity index (χ0) is 23.5. The molecule has 0 unspecified atom stereocenters. The number of amides is 2. The topological polar surface area (TPSA) is 84.5 Å². The predicted molar refractivity (Wildman–Crippen MR) is 132 cm³/mol. The van der Waals surface area contributed by atoms with Crippen LogP contribution in [0.5, 0.6) is 0 Å². The highest BCUT2D eigenvalue weighted by atomic mass is 35.5. The molecule has 0 saturated carbocycles. The molecule has 0 fully saturated rings. The largest absolute Gasteiger partial charge is 0.465 e. The van der Waals surface area contributed by atoms with E-state index in [4.69, 9.17) is 27.9 Å². The summed E-state index contributed by atoms with van der Waals surface area (Å²) < 4.78 is 5.68. The fourth-order valence-electron chi connectivity index (χ4n) is 3.16. The van der Waals surface area contributed by atoms with E-state index in [1.165, 1.54) is 30.6 Å². The van der Waals surface area contributed by atoms with Crippen molar-refractivity contribution in [1.29, 1.82) is 0 Å².